The maximum atomic E-state index is 4.56. The summed E-state index contributed by atoms with van der Waals surface area (Å²) in [6.45, 7) is 6.78. The molecule has 1 aromatic heterocycles. The van der Waals surface area contributed by atoms with Gasteiger partial charge in [-0.25, -0.2) is 0 Å². The minimum absolute atomic E-state index is 0.707. The lowest BCUT2D eigenvalue weighted by Crippen LogP contribution is -2.22. The molecule has 1 aromatic carbocycles. The van der Waals surface area contributed by atoms with Gasteiger partial charge in [0.2, 0.25) is 0 Å². The fourth-order valence-corrected chi connectivity index (χ4v) is 2.84. The number of hydrogen-bond donors (Lipinski definition) is 1. The summed E-state index contributed by atoms with van der Waals surface area (Å²) in [4.78, 5) is 4.56. The van der Waals surface area contributed by atoms with Gasteiger partial charge in [0.15, 0.2) is 0 Å². The SMILES string of the molecule is CC(C)CNCC1CC1c1cccc2cccnc12. The van der Waals surface area contributed by atoms with E-state index in [-0.39, 0.29) is 0 Å². The van der Waals surface area contributed by atoms with E-state index in [1.807, 2.05) is 12.3 Å². The number of hydrogen-bond acceptors (Lipinski definition) is 2. The lowest BCUT2D eigenvalue weighted by atomic mass is 10.0. The molecule has 1 aliphatic carbocycles. The topological polar surface area (TPSA) is 24.9 Å². The van der Waals surface area contributed by atoms with Crippen LogP contribution >= 0.6 is 0 Å². The van der Waals surface area contributed by atoms with Crippen molar-refractivity contribution in [1.82, 2.24) is 10.3 Å². The van der Waals surface area contributed by atoms with E-state index < -0.39 is 0 Å². The molecule has 1 heterocycles. The molecule has 100 valence electrons. The highest BCUT2D eigenvalue weighted by Crippen LogP contribution is 2.48. The van der Waals surface area contributed by atoms with E-state index in [0.717, 1.165) is 24.9 Å². The third kappa shape index (κ3) is 2.79. The molecule has 1 fully saturated rings. The number of fused-ring (bicyclic) bond motifs is 1. The summed E-state index contributed by atoms with van der Waals surface area (Å²) < 4.78 is 0. The van der Waals surface area contributed by atoms with Crippen LogP contribution in [-0.2, 0) is 0 Å². The Morgan fingerprint density at radius 3 is 2.95 bits per heavy atom. The van der Waals surface area contributed by atoms with E-state index in [4.69, 9.17) is 0 Å². The summed E-state index contributed by atoms with van der Waals surface area (Å²) >= 11 is 0. The smallest absolute Gasteiger partial charge is 0.0736 e. The molecule has 1 N–H and O–H groups in total. The summed E-state index contributed by atoms with van der Waals surface area (Å²) in [5, 5.41) is 4.84. The van der Waals surface area contributed by atoms with Gasteiger partial charge in [0.25, 0.3) is 0 Å². The zero-order valence-electron chi connectivity index (χ0n) is 11.8. The van der Waals surface area contributed by atoms with E-state index in [1.165, 1.54) is 22.9 Å². The molecule has 0 spiro atoms. The minimum Gasteiger partial charge on any atom is -0.316 e. The third-order valence-electron chi connectivity index (χ3n) is 3.95. The van der Waals surface area contributed by atoms with Gasteiger partial charge in [-0.15, -0.1) is 0 Å². The van der Waals surface area contributed by atoms with Gasteiger partial charge in [-0.3, -0.25) is 4.98 Å². The number of nitrogens with zero attached hydrogens (tertiary/aromatic N) is 1. The second-order valence-corrected chi connectivity index (χ2v) is 6.08. The molecular formula is C17H22N2. The first-order chi connectivity index (χ1) is 9.25. The molecule has 2 unspecified atom stereocenters. The Bertz CT molecular complexity index is 557. The van der Waals surface area contributed by atoms with Crippen LogP contribution < -0.4 is 5.32 Å². The van der Waals surface area contributed by atoms with Gasteiger partial charge >= 0.3 is 0 Å². The van der Waals surface area contributed by atoms with Crippen molar-refractivity contribution in [3.8, 4) is 0 Å². The van der Waals surface area contributed by atoms with E-state index in [9.17, 15) is 0 Å². The van der Waals surface area contributed by atoms with Gasteiger partial charge in [-0.05, 0) is 48.9 Å². The largest absolute Gasteiger partial charge is 0.316 e. The molecule has 2 nitrogen and oxygen atoms in total. The van der Waals surface area contributed by atoms with E-state index >= 15 is 0 Å². The molecule has 2 heteroatoms. The zero-order valence-corrected chi connectivity index (χ0v) is 11.8. The first-order valence-electron chi connectivity index (χ1n) is 7.30. The number of pyridine rings is 1. The quantitative estimate of drug-likeness (QED) is 0.882. The van der Waals surface area contributed by atoms with Crippen molar-refractivity contribution in [2.45, 2.75) is 26.2 Å². The van der Waals surface area contributed by atoms with Gasteiger partial charge in [0.1, 0.15) is 0 Å². The maximum Gasteiger partial charge on any atom is 0.0736 e. The average Bonchev–Trinajstić information content (AvgIpc) is 3.17. The van der Waals surface area contributed by atoms with Crippen LogP contribution in [0.5, 0.6) is 0 Å². The Balaban J connectivity index is 1.70. The van der Waals surface area contributed by atoms with Crippen molar-refractivity contribution in [1.29, 1.82) is 0 Å². The van der Waals surface area contributed by atoms with Crippen LogP contribution in [0.4, 0.5) is 0 Å². The summed E-state index contributed by atoms with van der Waals surface area (Å²) in [6.07, 6.45) is 3.21. The van der Waals surface area contributed by atoms with Crippen LogP contribution in [0.3, 0.4) is 0 Å². The highest BCUT2D eigenvalue weighted by atomic mass is 14.9. The van der Waals surface area contributed by atoms with Crippen molar-refractivity contribution in [3.05, 3.63) is 42.1 Å². The summed E-state index contributed by atoms with van der Waals surface area (Å²) in [6, 6.07) is 10.7. The van der Waals surface area contributed by atoms with Crippen molar-refractivity contribution in [3.63, 3.8) is 0 Å². The number of nitrogens with one attached hydrogen (secondary N) is 1. The van der Waals surface area contributed by atoms with Crippen molar-refractivity contribution in [2.24, 2.45) is 11.8 Å². The zero-order chi connectivity index (χ0) is 13.2. The van der Waals surface area contributed by atoms with Crippen LogP contribution in [0.1, 0.15) is 31.7 Å². The lowest BCUT2D eigenvalue weighted by molar-refractivity contribution is 0.533. The van der Waals surface area contributed by atoms with Gasteiger partial charge in [-0.1, -0.05) is 38.1 Å². The Morgan fingerprint density at radius 2 is 2.11 bits per heavy atom. The van der Waals surface area contributed by atoms with Crippen LogP contribution in [0, 0.1) is 11.8 Å². The van der Waals surface area contributed by atoms with Crippen LogP contribution in [0.2, 0.25) is 0 Å². The second kappa shape index (κ2) is 5.30. The molecule has 0 amide bonds. The Morgan fingerprint density at radius 1 is 1.26 bits per heavy atom. The van der Waals surface area contributed by atoms with Gasteiger partial charge in [-0.2, -0.15) is 0 Å². The van der Waals surface area contributed by atoms with Crippen molar-refractivity contribution >= 4 is 10.9 Å². The predicted molar refractivity (Wildman–Crippen MR) is 80.3 cm³/mol. The van der Waals surface area contributed by atoms with E-state index in [2.05, 4.69) is 48.4 Å². The molecule has 2 atom stereocenters. The fourth-order valence-electron chi connectivity index (χ4n) is 2.84. The van der Waals surface area contributed by atoms with Crippen LogP contribution in [0.15, 0.2) is 36.5 Å². The molecule has 3 rings (SSSR count). The van der Waals surface area contributed by atoms with E-state index in [1.54, 1.807) is 0 Å². The summed E-state index contributed by atoms with van der Waals surface area (Å²) in [7, 11) is 0. The minimum atomic E-state index is 0.707. The molecule has 19 heavy (non-hydrogen) atoms. The van der Waals surface area contributed by atoms with E-state index in [0.29, 0.717) is 5.92 Å². The average molecular weight is 254 g/mol. The lowest BCUT2D eigenvalue weighted by Gasteiger charge is -2.08. The van der Waals surface area contributed by atoms with Crippen molar-refractivity contribution in [2.75, 3.05) is 13.1 Å². The Labute approximate surface area is 115 Å². The standard InChI is InChI=1S/C17H22N2/c1-12(2)10-18-11-14-9-16(14)15-7-3-5-13-6-4-8-19-17(13)15/h3-8,12,14,16,18H,9-11H2,1-2H3. The Hall–Kier alpha value is -1.41. The maximum absolute atomic E-state index is 4.56. The number of rotatable bonds is 5. The molecule has 1 aliphatic rings. The molecular weight excluding hydrogens is 232 g/mol. The van der Waals surface area contributed by atoms with Gasteiger partial charge in [0.05, 0.1) is 5.52 Å². The first-order valence-corrected chi connectivity index (χ1v) is 7.30. The Kier molecular flexibility index (Phi) is 3.52. The van der Waals surface area contributed by atoms with Crippen LogP contribution in [-0.4, -0.2) is 18.1 Å². The number of para-hydroxylation sites is 1. The first kappa shape index (κ1) is 12.6. The highest BCUT2D eigenvalue weighted by Gasteiger charge is 2.38. The highest BCUT2D eigenvalue weighted by molar-refractivity contribution is 5.82. The van der Waals surface area contributed by atoms with Crippen LogP contribution in [0.25, 0.3) is 10.9 Å². The summed E-state index contributed by atoms with van der Waals surface area (Å²) in [5.41, 5.74) is 2.64. The molecule has 0 bridgehead atoms. The number of benzene rings is 1. The normalized spacial score (nSPS) is 22.1. The molecule has 1 saturated carbocycles. The fraction of sp³-hybridized carbons (Fsp3) is 0.471. The van der Waals surface area contributed by atoms with Crippen molar-refractivity contribution < 1.29 is 0 Å². The summed E-state index contributed by atoms with van der Waals surface area (Å²) in [5.74, 6) is 2.24. The molecule has 0 aliphatic heterocycles. The molecule has 0 saturated heterocycles. The molecule has 0 radical (unpaired) electrons. The monoisotopic (exact) mass is 254 g/mol. The molecule has 2 aromatic rings. The van der Waals surface area contributed by atoms with Gasteiger partial charge < -0.3 is 5.32 Å². The van der Waals surface area contributed by atoms with Gasteiger partial charge in [0, 0.05) is 11.6 Å². The second-order valence-electron chi connectivity index (χ2n) is 6.08. The third-order valence-corrected chi connectivity index (χ3v) is 3.95. The predicted octanol–water partition coefficient (Wildman–Crippen LogP) is 3.58. The number of aromatic nitrogens is 1.